The van der Waals surface area contributed by atoms with Crippen LogP contribution in [0.5, 0.6) is 0 Å². The quantitative estimate of drug-likeness (QED) is 0.568. The van der Waals surface area contributed by atoms with E-state index in [1.165, 1.54) is 18.2 Å². The van der Waals surface area contributed by atoms with Crippen LogP contribution in [0.15, 0.2) is 18.2 Å². The van der Waals surface area contributed by atoms with E-state index in [0.717, 1.165) is 0 Å². The van der Waals surface area contributed by atoms with E-state index in [2.05, 4.69) is 5.32 Å². The maximum Gasteiger partial charge on any atom is 0.272 e. The summed E-state index contributed by atoms with van der Waals surface area (Å²) in [6.07, 6.45) is 0. The third-order valence-corrected chi connectivity index (χ3v) is 1.86. The SMILES string of the molecule is Cc1cc(NC(=O)CN)ccc1[N+](=O)[O-]. The van der Waals surface area contributed by atoms with Crippen LogP contribution in [0, 0.1) is 17.0 Å². The van der Waals surface area contributed by atoms with Gasteiger partial charge in [0.15, 0.2) is 0 Å². The number of hydrogen-bond acceptors (Lipinski definition) is 4. The molecule has 6 nitrogen and oxygen atoms in total. The zero-order valence-electron chi connectivity index (χ0n) is 8.19. The molecule has 1 rings (SSSR count). The molecule has 0 unspecified atom stereocenters. The molecule has 0 aliphatic rings. The highest BCUT2D eigenvalue weighted by atomic mass is 16.6. The Morgan fingerprint density at radius 1 is 1.60 bits per heavy atom. The molecule has 0 spiro atoms. The molecule has 15 heavy (non-hydrogen) atoms. The minimum absolute atomic E-state index is 0.0285. The maximum atomic E-state index is 10.9. The highest BCUT2D eigenvalue weighted by Gasteiger charge is 2.10. The Hall–Kier alpha value is -1.95. The van der Waals surface area contributed by atoms with Crippen molar-refractivity contribution >= 4 is 17.3 Å². The highest BCUT2D eigenvalue weighted by Crippen LogP contribution is 2.21. The van der Waals surface area contributed by atoms with E-state index in [9.17, 15) is 14.9 Å². The van der Waals surface area contributed by atoms with Crippen LogP contribution in [0.2, 0.25) is 0 Å². The van der Waals surface area contributed by atoms with Crippen LogP contribution in [0.1, 0.15) is 5.56 Å². The van der Waals surface area contributed by atoms with E-state index in [0.29, 0.717) is 11.3 Å². The lowest BCUT2D eigenvalue weighted by atomic mass is 10.2. The fraction of sp³-hybridized carbons (Fsp3) is 0.222. The van der Waals surface area contributed by atoms with E-state index in [1.54, 1.807) is 6.92 Å². The molecule has 80 valence electrons. The number of amides is 1. The Bertz CT molecular complexity index is 404. The molecule has 0 saturated heterocycles. The largest absolute Gasteiger partial charge is 0.325 e. The van der Waals surface area contributed by atoms with Gasteiger partial charge in [-0.3, -0.25) is 14.9 Å². The summed E-state index contributed by atoms with van der Waals surface area (Å²) >= 11 is 0. The Morgan fingerprint density at radius 2 is 2.27 bits per heavy atom. The van der Waals surface area contributed by atoms with Crippen molar-refractivity contribution in [2.75, 3.05) is 11.9 Å². The second-order valence-electron chi connectivity index (χ2n) is 3.01. The predicted molar refractivity (Wildman–Crippen MR) is 55.5 cm³/mol. The van der Waals surface area contributed by atoms with Crippen molar-refractivity contribution in [1.29, 1.82) is 0 Å². The molecule has 0 bridgehead atoms. The first kappa shape index (κ1) is 11.1. The number of nitro groups is 1. The summed E-state index contributed by atoms with van der Waals surface area (Å²) in [5.41, 5.74) is 6.15. The molecule has 6 heteroatoms. The predicted octanol–water partition coefficient (Wildman–Crippen LogP) is 0.800. The van der Waals surface area contributed by atoms with Gasteiger partial charge in [-0.1, -0.05) is 0 Å². The van der Waals surface area contributed by atoms with Gasteiger partial charge >= 0.3 is 0 Å². The number of carbonyl (C=O) groups is 1. The lowest BCUT2D eigenvalue weighted by Gasteiger charge is -2.04. The number of benzene rings is 1. The van der Waals surface area contributed by atoms with Crippen molar-refractivity contribution in [2.45, 2.75) is 6.92 Å². The molecule has 0 fully saturated rings. The number of nitro benzene ring substituents is 1. The first-order chi connectivity index (χ1) is 7.04. The second-order valence-corrected chi connectivity index (χ2v) is 3.01. The van der Waals surface area contributed by atoms with E-state index < -0.39 is 4.92 Å². The minimum Gasteiger partial charge on any atom is -0.325 e. The molecule has 0 aliphatic heterocycles. The molecule has 3 N–H and O–H groups in total. The number of nitrogens with two attached hydrogens (primary N) is 1. The lowest BCUT2D eigenvalue weighted by Crippen LogP contribution is -2.21. The second kappa shape index (κ2) is 4.52. The van der Waals surface area contributed by atoms with Crippen molar-refractivity contribution in [3.8, 4) is 0 Å². The lowest BCUT2D eigenvalue weighted by molar-refractivity contribution is -0.385. The Balaban J connectivity index is 2.91. The van der Waals surface area contributed by atoms with Crippen LogP contribution in [-0.4, -0.2) is 17.4 Å². The van der Waals surface area contributed by atoms with Crippen LogP contribution in [0.4, 0.5) is 11.4 Å². The number of carbonyl (C=O) groups excluding carboxylic acids is 1. The van der Waals surface area contributed by atoms with Crippen molar-refractivity contribution in [2.24, 2.45) is 5.73 Å². The zero-order chi connectivity index (χ0) is 11.4. The minimum atomic E-state index is -0.468. The van der Waals surface area contributed by atoms with Crippen molar-refractivity contribution in [1.82, 2.24) is 0 Å². The molecule has 0 saturated carbocycles. The molecular weight excluding hydrogens is 198 g/mol. The van der Waals surface area contributed by atoms with Crippen molar-refractivity contribution in [3.05, 3.63) is 33.9 Å². The monoisotopic (exact) mass is 209 g/mol. The fourth-order valence-electron chi connectivity index (χ4n) is 1.15. The van der Waals surface area contributed by atoms with E-state index in [4.69, 9.17) is 5.73 Å². The van der Waals surface area contributed by atoms with Gasteiger partial charge in [0.2, 0.25) is 5.91 Å². The molecule has 0 aromatic heterocycles. The van der Waals surface area contributed by atoms with Gasteiger partial charge in [0.25, 0.3) is 5.69 Å². The number of rotatable bonds is 3. The number of nitrogens with zero attached hydrogens (tertiary/aromatic N) is 1. The van der Waals surface area contributed by atoms with Gasteiger partial charge in [-0.2, -0.15) is 0 Å². The number of anilines is 1. The Morgan fingerprint density at radius 3 is 2.73 bits per heavy atom. The third kappa shape index (κ3) is 2.75. The van der Waals surface area contributed by atoms with E-state index >= 15 is 0 Å². The molecule has 0 radical (unpaired) electrons. The molecular formula is C9H11N3O3. The summed E-state index contributed by atoms with van der Waals surface area (Å²) in [7, 11) is 0. The van der Waals surface area contributed by atoms with Gasteiger partial charge in [-0.25, -0.2) is 0 Å². The van der Waals surface area contributed by atoms with Gasteiger partial charge in [0, 0.05) is 17.3 Å². The van der Waals surface area contributed by atoms with Crippen LogP contribution >= 0.6 is 0 Å². The summed E-state index contributed by atoms with van der Waals surface area (Å²) in [4.78, 5) is 21.0. The molecule has 1 aromatic carbocycles. The van der Waals surface area contributed by atoms with Crippen molar-refractivity contribution in [3.63, 3.8) is 0 Å². The highest BCUT2D eigenvalue weighted by molar-refractivity contribution is 5.92. The summed E-state index contributed by atoms with van der Waals surface area (Å²) in [5.74, 6) is -0.330. The number of hydrogen-bond donors (Lipinski definition) is 2. The summed E-state index contributed by atoms with van der Waals surface area (Å²) in [5, 5.41) is 13.0. The van der Waals surface area contributed by atoms with Gasteiger partial charge in [-0.15, -0.1) is 0 Å². The average molecular weight is 209 g/mol. The maximum absolute atomic E-state index is 10.9. The number of nitrogens with one attached hydrogen (secondary N) is 1. The van der Waals surface area contributed by atoms with Gasteiger partial charge in [0.05, 0.1) is 11.5 Å². The smallest absolute Gasteiger partial charge is 0.272 e. The van der Waals surface area contributed by atoms with Crippen LogP contribution in [-0.2, 0) is 4.79 Å². The molecule has 0 aliphatic carbocycles. The zero-order valence-corrected chi connectivity index (χ0v) is 8.19. The van der Waals surface area contributed by atoms with Crippen LogP contribution in [0.3, 0.4) is 0 Å². The molecule has 0 atom stereocenters. The van der Waals surface area contributed by atoms with Gasteiger partial charge in [0.1, 0.15) is 0 Å². The third-order valence-electron chi connectivity index (χ3n) is 1.86. The van der Waals surface area contributed by atoms with Gasteiger partial charge in [-0.05, 0) is 19.1 Å². The topological polar surface area (TPSA) is 98.3 Å². The summed E-state index contributed by atoms with van der Waals surface area (Å²) in [6.45, 7) is 1.49. The van der Waals surface area contributed by atoms with E-state index in [1.807, 2.05) is 0 Å². The molecule has 0 heterocycles. The summed E-state index contributed by atoms with van der Waals surface area (Å²) < 4.78 is 0. The first-order valence-corrected chi connectivity index (χ1v) is 4.29. The van der Waals surface area contributed by atoms with Crippen LogP contribution in [0.25, 0.3) is 0 Å². The van der Waals surface area contributed by atoms with E-state index in [-0.39, 0.29) is 18.1 Å². The normalized spacial score (nSPS) is 9.73. The summed E-state index contributed by atoms with van der Waals surface area (Å²) in [6, 6.07) is 4.35. The Kier molecular flexibility index (Phi) is 3.35. The molecule has 1 amide bonds. The van der Waals surface area contributed by atoms with Crippen LogP contribution < -0.4 is 11.1 Å². The Labute approximate surface area is 86.2 Å². The average Bonchev–Trinajstić information content (AvgIpc) is 2.17. The first-order valence-electron chi connectivity index (χ1n) is 4.29. The van der Waals surface area contributed by atoms with Crippen molar-refractivity contribution < 1.29 is 9.72 Å². The van der Waals surface area contributed by atoms with Gasteiger partial charge < -0.3 is 11.1 Å². The fourth-order valence-corrected chi connectivity index (χ4v) is 1.15. The molecule has 1 aromatic rings. The standard InChI is InChI=1S/C9H11N3O3/c1-6-4-7(11-9(13)5-10)2-3-8(6)12(14)15/h2-4H,5,10H2,1H3,(H,11,13). The number of aryl methyl sites for hydroxylation is 1.